The van der Waals surface area contributed by atoms with Crippen molar-refractivity contribution in [3.05, 3.63) is 45.9 Å². The number of anilines is 1. The van der Waals surface area contributed by atoms with E-state index < -0.39 is 0 Å². The van der Waals surface area contributed by atoms with Gasteiger partial charge in [0.05, 0.1) is 18.5 Å². The highest BCUT2D eigenvalue weighted by atomic mass is 16.5. The van der Waals surface area contributed by atoms with Gasteiger partial charge in [0, 0.05) is 11.6 Å². The number of aryl methyl sites for hydroxylation is 1. The topological polar surface area (TPSA) is 110 Å². The van der Waals surface area contributed by atoms with Gasteiger partial charge in [-0.25, -0.2) is 4.98 Å². The zero-order valence-corrected chi connectivity index (χ0v) is 13.1. The molecular formula is C16H16N6O2. The van der Waals surface area contributed by atoms with E-state index in [1.807, 2.05) is 12.1 Å². The van der Waals surface area contributed by atoms with Crippen LogP contribution in [0.2, 0.25) is 0 Å². The highest BCUT2D eigenvalue weighted by Crippen LogP contribution is 2.30. The summed E-state index contributed by atoms with van der Waals surface area (Å²) in [6, 6.07) is 7.20. The van der Waals surface area contributed by atoms with Crippen LogP contribution in [0.15, 0.2) is 39.3 Å². The number of benzene rings is 1. The number of nitrogens with one attached hydrogen (secondary N) is 1. The highest BCUT2D eigenvalue weighted by Gasteiger charge is 2.21. The molecule has 0 fully saturated rings. The number of ether oxygens (including phenoxy) is 1. The second-order valence-corrected chi connectivity index (χ2v) is 5.63. The van der Waals surface area contributed by atoms with Gasteiger partial charge in [-0.15, -0.1) is 5.11 Å². The molecular weight excluding hydrogens is 308 g/mol. The van der Waals surface area contributed by atoms with Crippen LogP contribution in [0.4, 0.5) is 17.2 Å². The van der Waals surface area contributed by atoms with Gasteiger partial charge in [0.25, 0.3) is 5.56 Å². The predicted octanol–water partition coefficient (Wildman–Crippen LogP) is 2.52. The van der Waals surface area contributed by atoms with Crippen molar-refractivity contribution >= 4 is 22.8 Å². The van der Waals surface area contributed by atoms with Gasteiger partial charge in [0.1, 0.15) is 11.6 Å². The first-order valence-electron chi connectivity index (χ1n) is 7.65. The van der Waals surface area contributed by atoms with Gasteiger partial charge >= 0.3 is 0 Å². The summed E-state index contributed by atoms with van der Waals surface area (Å²) in [7, 11) is 1.59. The first-order chi connectivity index (χ1) is 11.7. The monoisotopic (exact) mass is 324 g/mol. The average Bonchev–Trinajstić information content (AvgIpc) is 3.18. The summed E-state index contributed by atoms with van der Waals surface area (Å²) < 4.78 is 6.51. The highest BCUT2D eigenvalue weighted by molar-refractivity contribution is 5.75. The number of H-pyrrole nitrogens is 1. The molecule has 0 radical (unpaired) electrons. The molecule has 0 atom stereocenters. The fourth-order valence-electron chi connectivity index (χ4n) is 2.93. The largest absolute Gasteiger partial charge is 0.497 e. The molecule has 0 spiro atoms. The Balaban J connectivity index is 1.82. The molecule has 122 valence electrons. The number of aromatic amines is 1. The molecule has 1 aromatic carbocycles. The fourth-order valence-corrected chi connectivity index (χ4v) is 2.93. The lowest BCUT2D eigenvalue weighted by Gasteiger charge is -2.00. The summed E-state index contributed by atoms with van der Waals surface area (Å²) in [6.45, 7) is 0. The van der Waals surface area contributed by atoms with E-state index in [-0.39, 0.29) is 11.4 Å². The van der Waals surface area contributed by atoms with E-state index >= 15 is 0 Å². The molecule has 1 aliphatic rings. The van der Waals surface area contributed by atoms with Gasteiger partial charge < -0.3 is 10.5 Å². The van der Waals surface area contributed by atoms with Gasteiger partial charge in [-0.1, -0.05) is 6.07 Å². The lowest BCUT2D eigenvalue weighted by Crippen LogP contribution is -2.20. The summed E-state index contributed by atoms with van der Waals surface area (Å²) >= 11 is 0. The number of nitrogen functional groups attached to an aromatic ring is 1. The lowest BCUT2D eigenvalue weighted by atomic mass is 10.2. The van der Waals surface area contributed by atoms with Crippen molar-refractivity contribution in [1.29, 1.82) is 0 Å². The Kier molecular flexibility index (Phi) is 3.30. The van der Waals surface area contributed by atoms with Crippen LogP contribution in [-0.2, 0) is 12.8 Å². The molecule has 8 heteroatoms. The Morgan fingerprint density at radius 3 is 3.04 bits per heavy atom. The van der Waals surface area contributed by atoms with Crippen molar-refractivity contribution in [2.45, 2.75) is 19.3 Å². The molecule has 4 rings (SSSR count). The second kappa shape index (κ2) is 5.48. The Labute approximate surface area is 137 Å². The standard InChI is InChI=1S/C16H16N6O2/c1-24-10-5-2-4-9(8-10)19-20-13-14(17)21-22-15(13)18-12-7-3-6-11(12)16(22)23/h2,4-5,8,21H,3,6-7,17H2,1H3. The van der Waals surface area contributed by atoms with E-state index in [0.717, 1.165) is 30.5 Å². The van der Waals surface area contributed by atoms with Gasteiger partial charge in [-0.05, 0) is 31.4 Å². The van der Waals surface area contributed by atoms with Crippen LogP contribution in [0.25, 0.3) is 5.65 Å². The molecule has 3 N–H and O–H groups in total. The minimum Gasteiger partial charge on any atom is -0.497 e. The smallest absolute Gasteiger partial charge is 0.276 e. The van der Waals surface area contributed by atoms with Crippen LogP contribution in [-0.4, -0.2) is 21.7 Å². The summed E-state index contributed by atoms with van der Waals surface area (Å²) in [5.74, 6) is 0.945. The number of fused-ring (bicyclic) bond motifs is 2. The van der Waals surface area contributed by atoms with Crippen molar-refractivity contribution in [2.24, 2.45) is 10.2 Å². The molecule has 0 saturated carbocycles. The maximum Gasteiger partial charge on any atom is 0.276 e. The number of rotatable bonds is 3. The van der Waals surface area contributed by atoms with E-state index in [1.54, 1.807) is 19.2 Å². The Hall–Kier alpha value is -3.16. The van der Waals surface area contributed by atoms with Crippen molar-refractivity contribution in [3.8, 4) is 5.75 Å². The van der Waals surface area contributed by atoms with E-state index in [2.05, 4.69) is 20.3 Å². The molecule has 0 aliphatic heterocycles. The van der Waals surface area contributed by atoms with Crippen LogP contribution < -0.4 is 16.0 Å². The third kappa shape index (κ3) is 2.23. The van der Waals surface area contributed by atoms with Gasteiger partial charge in [-0.3, -0.25) is 9.89 Å². The molecule has 24 heavy (non-hydrogen) atoms. The summed E-state index contributed by atoms with van der Waals surface area (Å²) in [6.07, 6.45) is 2.50. The van der Waals surface area contributed by atoms with Crippen molar-refractivity contribution in [1.82, 2.24) is 14.6 Å². The number of hydrogen-bond acceptors (Lipinski definition) is 6. The van der Waals surface area contributed by atoms with E-state index in [9.17, 15) is 4.79 Å². The van der Waals surface area contributed by atoms with Gasteiger partial charge in [-0.2, -0.15) is 9.63 Å². The maximum atomic E-state index is 12.5. The molecule has 2 aromatic heterocycles. The zero-order valence-electron chi connectivity index (χ0n) is 13.1. The quantitative estimate of drug-likeness (QED) is 0.721. The normalized spacial score (nSPS) is 13.7. The summed E-state index contributed by atoms with van der Waals surface area (Å²) in [4.78, 5) is 17.0. The van der Waals surface area contributed by atoms with Crippen LogP contribution in [0.5, 0.6) is 5.75 Å². The minimum absolute atomic E-state index is 0.109. The Morgan fingerprint density at radius 1 is 1.33 bits per heavy atom. The van der Waals surface area contributed by atoms with E-state index in [0.29, 0.717) is 22.8 Å². The molecule has 8 nitrogen and oxygen atoms in total. The Bertz CT molecular complexity index is 1020. The van der Waals surface area contributed by atoms with Gasteiger partial charge in [0.2, 0.25) is 0 Å². The molecule has 0 saturated heterocycles. The first kappa shape index (κ1) is 14.4. The zero-order chi connectivity index (χ0) is 16.7. The number of methoxy groups -OCH3 is 1. The minimum atomic E-state index is -0.109. The summed E-state index contributed by atoms with van der Waals surface area (Å²) in [5.41, 5.74) is 8.84. The third-order valence-electron chi connectivity index (χ3n) is 4.12. The van der Waals surface area contributed by atoms with Gasteiger partial charge in [0.15, 0.2) is 11.3 Å². The molecule has 1 aliphatic carbocycles. The van der Waals surface area contributed by atoms with Crippen molar-refractivity contribution < 1.29 is 4.74 Å². The number of nitrogens with zero attached hydrogens (tertiary/aromatic N) is 4. The molecule has 0 amide bonds. The fraction of sp³-hybridized carbons (Fsp3) is 0.250. The number of nitrogens with two attached hydrogens (primary N) is 1. The van der Waals surface area contributed by atoms with Crippen molar-refractivity contribution in [2.75, 3.05) is 12.8 Å². The van der Waals surface area contributed by atoms with Crippen molar-refractivity contribution in [3.63, 3.8) is 0 Å². The van der Waals surface area contributed by atoms with Crippen LogP contribution in [0.1, 0.15) is 17.7 Å². The number of hydrogen-bond donors (Lipinski definition) is 2. The van der Waals surface area contributed by atoms with E-state index in [4.69, 9.17) is 10.5 Å². The predicted molar refractivity (Wildman–Crippen MR) is 89.4 cm³/mol. The average molecular weight is 324 g/mol. The Morgan fingerprint density at radius 2 is 2.21 bits per heavy atom. The van der Waals surface area contributed by atoms with E-state index in [1.165, 1.54) is 4.52 Å². The number of aromatic nitrogens is 3. The van der Waals surface area contributed by atoms with Crippen LogP contribution in [0.3, 0.4) is 0 Å². The SMILES string of the molecule is COc1cccc(N=Nc2c(N)[nH]n3c(=O)c4c(nc23)CCC4)c1. The first-order valence-corrected chi connectivity index (χ1v) is 7.65. The third-order valence-corrected chi connectivity index (χ3v) is 4.12. The maximum absolute atomic E-state index is 12.5. The number of azo groups is 1. The molecule has 0 bridgehead atoms. The second-order valence-electron chi connectivity index (χ2n) is 5.63. The lowest BCUT2D eigenvalue weighted by molar-refractivity contribution is 0.415. The molecule has 3 aromatic rings. The summed E-state index contributed by atoms with van der Waals surface area (Å²) in [5, 5.41) is 11.2. The van der Waals surface area contributed by atoms with Crippen LogP contribution in [0, 0.1) is 0 Å². The van der Waals surface area contributed by atoms with Crippen LogP contribution >= 0.6 is 0 Å². The molecule has 2 heterocycles. The molecule has 0 unspecified atom stereocenters.